The van der Waals surface area contributed by atoms with Crippen LogP contribution < -0.4 is 0 Å². The Hall–Kier alpha value is -1.79. The van der Waals surface area contributed by atoms with Crippen molar-refractivity contribution >= 4 is 22.9 Å². The van der Waals surface area contributed by atoms with Gasteiger partial charge in [-0.15, -0.1) is 0 Å². The normalized spacial score (nSPS) is 11.3. The van der Waals surface area contributed by atoms with Gasteiger partial charge in [-0.1, -0.05) is 23.9 Å². The van der Waals surface area contributed by atoms with Crippen molar-refractivity contribution in [2.24, 2.45) is 7.05 Å². The summed E-state index contributed by atoms with van der Waals surface area (Å²) in [6.07, 6.45) is 1.67. The van der Waals surface area contributed by atoms with Crippen molar-refractivity contribution in [2.75, 3.05) is 0 Å². The van der Waals surface area contributed by atoms with E-state index < -0.39 is 0 Å². The maximum absolute atomic E-state index is 9.11. The van der Waals surface area contributed by atoms with Crippen molar-refractivity contribution in [3.63, 3.8) is 0 Å². The topological polar surface area (TPSA) is 64.1 Å². The molecule has 0 aliphatic heterocycles. The monoisotopic (exact) mass is 275 g/mol. The Morgan fingerprint density at radius 2 is 2.21 bits per heavy atom. The maximum atomic E-state index is 9.11. The SMILES string of the molecule is Cn1c(CO)cnc1SCc1nc2ccccc2o1. The van der Waals surface area contributed by atoms with E-state index in [0.717, 1.165) is 22.0 Å². The number of aliphatic hydroxyl groups is 1. The highest BCUT2D eigenvalue weighted by Crippen LogP contribution is 2.24. The standard InChI is InChI=1S/C13H13N3O2S/c1-16-9(7-17)6-14-13(16)19-8-12-15-10-4-2-3-5-11(10)18-12/h2-6,17H,7-8H2,1H3. The molecular formula is C13H13N3O2S. The molecule has 0 bridgehead atoms. The summed E-state index contributed by atoms with van der Waals surface area (Å²) in [6, 6.07) is 7.70. The lowest BCUT2D eigenvalue weighted by Crippen LogP contribution is -1.97. The average molecular weight is 275 g/mol. The van der Waals surface area contributed by atoms with Gasteiger partial charge in [0.15, 0.2) is 10.7 Å². The number of hydrogen-bond acceptors (Lipinski definition) is 5. The number of fused-ring (bicyclic) bond motifs is 1. The number of aromatic nitrogens is 3. The Bertz CT molecular complexity index is 672. The van der Waals surface area contributed by atoms with Crippen LogP contribution in [0, 0.1) is 0 Å². The summed E-state index contributed by atoms with van der Waals surface area (Å²) in [4.78, 5) is 8.66. The fourth-order valence-electron chi connectivity index (χ4n) is 1.81. The van der Waals surface area contributed by atoms with E-state index in [4.69, 9.17) is 9.52 Å². The van der Waals surface area contributed by atoms with Gasteiger partial charge in [0.05, 0.1) is 24.3 Å². The van der Waals surface area contributed by atoms with Crippen LogP contribution in [0.1, 0.15) is 11.6 Å². The van der Waals surface area contributed by atoms with E-state index in [1.807, 2.05) is 35.9 Å². The molecular weight excluding hydrogens is 262 g/mol. The zero-order chi connectivity index (χ0) is 13.2. The molecule has 1 N–H and O–H groups in total. The lowest BCUT2D eigenvalue weighted by Gasteiger charge is -2.01. The summed E-state index contributed by atoms with van der Waals surface area (Å²) in [5, 5.41) is 9.95. The van der Waals surface area contributed by atoms with E-state index in [1.165, 1.54) is 11.8 Å². The number of para-hydroxylation sites is 2. The second-order valence-electron chi connectivity index (χ2n) is 4.11. The van der Waals surface area contributed by atoms with E-state index in [1.54, 1.807) is 6.20 Å². The molecule has 2 heterocycles. The predicted octanol–water partition coefficient (Wildman–Crippen LogP) is 2.35. The van der Waals surface area contributed by atoms with Crippen molar-refractivity contribution in [3.8, 4) is 0 Å². The molecule has 98 valence electrons. The van der Waals surface area contributed by atoms with Crippen molar-refractivity contribution < 1.29 is 9.52 Å². The van der Waals surface area contributed by atoms with Gasteiger partial charge >= 0.3 is 0 Å². The molecule has 3 aromatic rings. The first kappa shape index (κ1) is 12.3. The van der Waals surface area contributed by atoms with Crippen LogP contribution in [-0.4, -0.2) is 19.6 Å². The smallest absolute Gasteiger partial charge is 0.205 e. The number of benzene rings is 1. The first-order chi connectivity index (χ1) is 9.28. The summed E-state index contributed by atoms with van der Waals surface area (Å²) in [6.45, 7) is -0.00700. The lowest BCUT2D eigenvalue weighted by molar-refractivity contribution is 0.271. The van der Waals surface area contributed by atoms with E-state index in [9.17, 15) is 0 Å². The number of hydrogen-bond donors (Lipinski definition) is 1. The minimum atomic E-state index is -0.00700. The fraction of sp³-hybridized carbons (Fsp3) is 0.231. The Labute approximate surface area is 114 Å². The van der Waals surface area contributed by atoms with Gasteiger partial charge in [0.25, 0.3) is 0 Å². The average Bonchev–Trinajstić information content (AvgIpc) is 2.99. The highest BCUT2D eigenvalue weighted by Gasteiger charge is 2.09. The second kappa shape index (κ2) is 5.07. The third-order valence-electron chi connectivity index (χ3n) is 2.87. The molecule has 19 heavy (non-hydrogen) atoms. The molecule has 0 amide bonds. The Kier molecular flexibility index (Phi) is 3.27. The molecule has 3 rings (SSSR count). The number of thioether (sulfide) groups is 1. The molecule has 0 saturated heterocycles. The van der Waals surface area contributed by atoms with Crippen molar-refractivity contribution in [3.05, 3.63) is 42.0 Å². The predicted molar refractivity (Wildman–Crippen MR) is 72.7 cm³/mol. The highest BCUT2D eigenvalue weighted by molar-refractivity contribution is 7.98. The fourth-order valence-corrected chi connectivity index (χ4v) is 2.63. The number of rotatable bonds is 4. The van der Waals surface area contributed by atoms with Crippen molar-refractivity contribution in [2.45, 2.75) is 17.5 Å². The third kappa shape index (κ3) is 2.36. The van der Waals surface area contributed by atoms with Crippen LogP contribution in [0.5, 0.6) is 0 Å². The molecule has 0 saturated carbocycles. The van der Waals surface area contributed by atoms with Crippen molar-refractivity contribution in [1.29, 1.82) is 0 Å². The molecule has 6 heteroatoms. The Morgan fingerprint density at radius 3 is 2.95 bits per heavy atom. The Morgan fingerprint density at radius 1 is 1.37 bits per heavy atom. The number of imidazole rings is 1. The van der Waals surface area contributed by atoms with Crippen LogP contribution in [0.25, 0.3) is 11.1 Å². The van der Waals surface area contributed by atoms with Gasteiger partial charge in [-0.25, -0.2) is 9.97 Å². The highest BCUT2D eigenvalue weighted by atomic mass is 32.2. The third-order valence-corrected chi connectivity index (χ3v) is 3.90. The van der Waals surface area contributed by atoms with Crippen LogP contribution in [0.4, 0.5) is 0 Å². The molecule has 2 aromatic heterocycles. The number of oxazole rings is 1. The molecule has 0 spiro atoms. The van der Waals surface area contributed by atoms with Gasteiger partial charge in [-0.05, 0) is 12.1 Å². The quantitative estimate of drug-likeness (QED) is 0.740. The van der Waals surface area contributed by atoms with E-state index >= 15 is 0 Å². The van der Waals surface area contributed by atoms with Gasteiger partial charge in [-0.3, -0.25) is 0 Å². The molecule has 0 aliphatic carbocycles. The molecule has 0 radical (unpaired) electrons. The molecule has 0 unspecified atom stereocenters. The molecule has 5 nitrogen and oxygen atoms in total. The second-order valence-corrected chi connectivity index (χ2v) is 5.06. The van der Waals surface area contributed by atoms with Gasteiger partial charge in [0.2, 0.25) is 5.89 Å². The minimum Gasteiger partial charge on any atom is -0.440 e. The van der Waals surface area contributed by atoms with Gasteiger partial charge in [-0.2, -0.15) is 0 Å². The summed E-state index contributed by atoms with van der Waals surface area (Å²) < 4.78 is 7.51. The van der Waals surface area contributed by atoms with Crippen LogP contribution in [0.15, 0.2) is 40.0 Å². The molecule has 0 atom stereocenters. The van der Waals surface area contributed by atoms with Gasteiger partial charge in [0.1, 0.15) is 5.52 Å². The molecule has 0 fully saturated rings. The van der Waals surface area contributed by atoms with Gasteiger partial charge in [0, 0.05) is 7.05 Å². The Balaban J connectivity index is 1.76. The van der Waals surface area contributed by atoms with Crippen LogP contribution in [0.3, 0.4) is 0 Å². The van der Waals surface area contributed by atoms with Crippen LogP contribution in [-0.2, 0) is 19.4 Å². The summed E-state index contributed by atoms with van der Waals surface area (Å²) in [7, 11) is 1.88. The molecule has 0 aliphatic rings. The van der Waals surface area contributed by atoms with E-state index in [2.05, 4.69) is 9.97 Å². The van der Waals surface area contributed by atoms with Crippen LogP contribution in [0.2, 0.25) is 0 Å². The number of aliphatic hydroxyl groups excluding tert-OH is 1. The van der Waals surface area contributed by atoms with Gasteiger partial charge < -0.3 is 14.1 Å². The minimum absolute atomic E-state index is 0.00700. The first-order valence-electron chi connectivity index (χ1n) is 5.86. The molecule has 1 aromatic carbocycles. The maximum Gasteiger partial charge on any atom is 0.205 e. The van der Waals surface area contributed by atoms with E-state index in [-0.39, 0.29) is 6.61 Å². The zero-order valence-corrected chi connectivity index (χ0v) is 11.2. The van der Waals surface area contributed by atoms with Crippen molar-refractivity contribution in [1.82, 2.24) is 14.5 Å². The van der Waals surface area contributed by atoms with E-state index in [0.29, 0.717) is 11.6 Å². The number of nitrogens with zero attached hydrogens (tertiary/aromatic N) is 3. The first-order valence-corrected chi connectivity index (χ1v) is 6.85. The summed E-state index contributed by atoms with van der Waals surface area (Å²) in [5.41, 5.74) is 2.46. The zero-order valence-electron chi connectivity index (χ0n) is 10.4. The van der Waals surface area contributed by atoms with Crippen LogP contribution >= 0.6 is 11.8 Å². The lowest BCUT2D eigenvalue weighted by atomic mass is 10.3. The summed E-state index contributed by atoms with van der Waals surface area (Å²) >= 11 is 1.54. The summed E-state index contributed by atoms with van der Waals surface area (Å²) in [5.74, 6) is 1.30. The largest absolute Gasteiger partial charge is 0.440 e.